The summed E-state index contributed by atoms with van der Waals surface area (Å²) in [7, 11) is 0. The predicted molar refractivity (Wildman–Crippen MR) is 57.2 cm³/mol. The van der Waals surface area contributed by atoms with Crippen LogP contribution in [0, 0.1) is 0 Å². The van der Waals surface area contributed by atoms with Gasteiger partial charge in [0.25, 0.3) is 0 Å². The lowest BCUT2D eigenvalue weighted by Gasteiger charge is -2.32. The van der Waals surface area contributed by atoms with E-state index in [0.29, 0.717) is 18.7 Å². The lowest BCUT2D eigenvalue weighted by molar-refractivity contribution is -0.151. The van der Waals surface area contributed by atoms with Crippen LogP contribution in [-0.2, 0) is 16.0 Å². The monoisotopic (exact) mass is 238 g/mol. The molecule has 0 aliphatic carbocycles. The lowest BCUT2D eigenvalue weighted by atomic mass is 10.0. The highest BCUT2D eigenvalue weighted by molar-refractivity contribution is 5.84. The van der Waals surface area contributed by atoms with Crippen molar-refractivity contribution in [3.05, 3.63) is 18.0 Å². The van der Waals surface area contributed by atoms with Crippen LogP contribution in [0.5, 0.6) is 0 Å². The molecule has 0 saturated carbocycles. The van der Waals surface area contributed by atoms with Gasteiger partial charge in [-0.1, -0.05) is 5.16 Å². The summed E-state index contributed by atoms with van der Waals surface area (Å²) in [5, 5.41) is 12.7. The molecule has 1 aliphatic heterocycles. The summed E-state index contributed by atoms with van der Waals surface area (Å²) in [4.78, 5) is 24.4. The summed E-state index contributed by atoms with van der Waals surface area (Å²) < 4.78 is 4.64. The average molecular weight is 238 g/mol. The molecule has 1 aromatic heterocycles. The maximum Gasteiger partial charge on any atom is 0.326 e. The van der Waals surface area contributed by atoms with Crippen LogP contribution in [0.2, 0.25) is 0 Å². The predicted octanol–water partition coefficient (Wildman–Crippen LogP) is 0.683. The zero-order chi connectivity index (χ0) is 12.3. The Bertz CT molecular complexity index is 402. The molecule has 6 nitrogen and oxygen atoms in total. The standard InChI is InChI=1S/C11H14N2O4/c14-10(7-8-4-6-17-12-8)13-5-2-1-3-9(13)11(15)16/h4,6,9H,1-3,5,7H2,(H,15,16)/t9-/m1/s1. The molecule has 17 heavy (non-hydrogen) atoms. The van der Waals surface area contributed by atoms with E-state index in [1.807, 2.05) is 0 Å². The van der Waals surface area contributed by atoms with Gasteiger partial charge in [-0.2, -0.15) is 0 Å². The minimum absolute atomic E-state index is 0.0975. The number of amides is 1. The van der Waals surface area contributed by atoms with Gasteiger partial charge in [-0.25, -0.2) is 4.79 Å². The zero-order valence-corrected chi connectivity index (χ0v) is 9.33. The number of nitrogens with zero attached hydrogens (tertiary/aromatic N) is 2. The first-order valence-corrected chi connectivity index (χ1v) is 5.60. The third-order valence-corrected chi connectivity index (χ3v) is 2.93. The highest BCUT2D eigenvalue weighted by Crippen LogP contribution is 2.18. The van der Waals surface area contributed by atoms with Gasteiger partial charge in [0, 0.05) is 12.6 Å². The van der Waals surface area contributed by atoms with Gasteiger partial charge in [-0.05, 0) is 19.3 Å². The number of carbonyl (C=O) groups is 2. The number of likely N-dealkylation sites (tertiary alicyclic amines) is 1. The fourth-order valence-electron chi connectivity index (χ4n) is 2.07. The lowest BCUT2D eigenvalue weighted by Crippen LogP contribution is -2.48. The van der Waals surface area contributed by atoms with Gasteiger partial charge in [0.15, 0.2) is 0 Å². The van der Waals surface area contributed by atoms with Crippen molar-refractivity contribution in [2.75, 3.05) is 6.54 Å². The number of hydrogen-bond acceptors (Lipinski definition) is 4. The van der Waals surface area contributed by atoms with Crippen LogP contribution in [0.15, 0.2) is 16.9 Å². The molecule has 0 aromatic carbocycles. The van der Waals surface area contributed by atoms with Crippen LogP contribution in [0.1, 0.15) is 25.0 Å². The number of aliphatic carboxylic acids is 1. The summed E-state index contributed by atoms with van der Waals surface area (Å²) in [6.07, 6.45) is 3.73. The fourth-order valence-corrected chi connectivity index (χ4v) is 2.07. The number of rotatable bonds is 3. The molecule has 1 saturated heterocycles. The van der Waals surface area contributed by atoms with Crippen LogP contribution in [0.3, 0.4) is 0 Å². The number of carboxylic acid groups (broad SMARTS) is 1. The van der Waals surface area contributed by atoms with E-state index in [2.05, 4.69) is 9.68 Å². The Balaban J connectivity index is 2.03. The largest absolute Gasteiger partial charge is 0.480 e. The van der Waals surface area contributed by atoms with E-state index in [0.717, 1.165) is 12.8 Å². The molecule has 92 valence electrons. The van der Waals surface area contributed by atoms with Gasteiger partial charge >= 0.3 is 5.97 Å². The summed E-state index contributed by atoms with van der Waals surface area (Å²) >= 11 is 0. The van der Waals surface area contributed by atoms with E-state index in [9.17, 15) is 9.59 Å². The summed E-state index contributed by atoms with van der Waals surface area (Å²) in [5.41, 5.74) is 0.532. The van der Waals surface area contributed by atoms with E-state index < -0.39 is 12.0 Å². The van der Waals surface area contributed by atoms with Crippen molar-refractivity contribution in [2.24, 2.45) is 0 Å². The molecule has 1 aliphatic rings. The summed E-state index contributed by atoms with van der Waals surface area (Å²) in [6, 6.07) is 0.917. The number of carbonyl (C=O) groups excluding carboxylic acids is 1. The topological polar surface area (TPSA) is 83.6 Å². The SMILES string of the molecule is O=C(O)[C@H]1CCCCN1C(=O)Cc1ccon1. The van der Waals surface area contributed by atoms with Crippen molar-refractivity contribution in [1.29, 1.82) is 0 Å². The molecule has 0 unspecified atom stereocenters. The quantitative estimate of drug-likeness (QED) is 0.837. The molecule has 2 rings (SSSR count). The van der Waals surface area contributed by atoms with E-state index >= 15 is 0 Å². The third kappa shape index (κ3) is 2.64. The minimum atomic E-state index is -0.932. The van der Waals surface area contributed by atoms with Crippen molar-refractivity contribution in [1.82, 2.24) is 10.1 Å². The highest BCUT2D eigenvalue weighted by atomic mass is 16.5. The molecule has 0 bridgehead atoms. The van der Waals surface area contributed by atoms with E-state index in [4.69, 9.17) is 5.11 Å². The molecule has 1 fully saturated rings. The Morgan fingerprint density at radius 1 is 1.53 bits per heavy atom. The Labute approximate surface area is 98.2 Å². The Hall–Kier alpha value is -1.85. The smallest absolute Gasteiger partial charge is 0.326 e. The van der Waals surface area contributed by atoms with Gasteiger partial charge in [0.05, 0.1) is 12.1 Å². The Kier molecular flexibility index (Phi) is 3.41. The van der Waals surface area contributed by atoms with E-state index in [1.165, 1.54) is 11.2 Å². The van der Waals surface area contributed by atoms with E-state index in [1.54, 1.807) is 6.07 Å². The molecule has 1 atom stereocenters. The van der Waals surface area contributed by atoms with Crippen LogP contribution in [0.25, 0.3) is 0 Å². The third-order valence-electron chi connectivity index (χ3n) is 2.93. The van der Waals surface area contributed by atoms with Gasteiger partial charge in [-0.3, -0.25) is 4.79 Å². The molecule has 1 N–H and O–H groups in total. The van der Waals surface area contributed by atoms with Crippen LogP contribution < -0.4 is 0 Å². The van der Waals surface area contributed by atoms with Gasteiger partial charge in [-0.15, -0.1) is 0 Å². The van der Waals surface area contributed by atoms with Gasteiger partial charge in [0.1, 0.15) is 12.3 Å². The molecule has 2 heterocycles. The number of carboxylic acids is 1. The molecule has 0 radical (unpaired) electrons. The minimum Gasteiger partial charge on any atom is -0.480 e. The van der Waals surface area contributed by atoms with Gasteiger partial charge in [0.2, 0.25) is 5.91 Å². The second-order valence-corrected chi connectivity index (χ2v) is 4.10. The first-order valence-electron chi connectivity index (χ1n) is 5.60. The Morgan fingerprint density at radius 3 is 3.00 bits per heavy atom. The normalized spacial score (nSPS) is 20.2. The maximum absolute atomic E-state index is 12.0. The van der Waals surface area contributed by atoms with Crippen molar-refractivity contribution >= 4 is 11.9 Å². The summed E-state index contributed by atoms with van der Waals surface area (Å²) in [5.74, 6) is -1.13. The molecule has 0 spiro atoms. The molecule has 1 amide bonds. The molecule has 1 aromatic rings. The fraction of sp³-hybridized carbons (Fsp3) is 0.545. The second kappa shape index (κ2) is 4.99. The van der Waals surface area contributed by atoms with Crippen molar-refractivity contribution in [3.8, 4) is 0 Å². The zero-order valence-electron chi connectivity index (χ0n) is 9.33. The summed E-state index contributed by atoms with van der Waals surface area (Å²) in [6.45, 7) is 0.508. The average Bonchev–Trinajstić information content (AvgIpc) is 2.81. The highest BCUT2D eigenvalue weighted by Gasteiger charge is 2.31. The van der Waals surface area contributed by atoms with Crippen LogP contribution in [0.4, 0.5) is 0 Å². The number of hydrogen-bond donors (Lipinski definition) is 1. The van der Waals surface area contributed by atoms with Crippen molar-refractivity contribution in [3.63, 3.8) is 0 Å². The molecular formula is C11H14N2O4. The van der Waals surface area contributed by atoms with Crippen molar-refractivity contribution in [2.45, 2.75) is 31.7 Å². The number of piperidine rings is 1. The van der Waals surface area contributed by atoms with Crippen LogP contribution >= 0.6 is 0 Å². The maximum atomic E-state index is 12.0. The Morgan fingerprint density at radius 2 is 2.35 bits per heavy atom. The van der Waals surface area contributed by atoms with Crippen molar-refractivity contribution < 1.29 is 19.2 Å². The van der Waals surface area contributed by atoms with Crippen LogP contribution in [-0.4, -0.2) is 39.6 Å². The molecular weight excluding hydrogens is 224 g/mol. The molecule has 6 heteroatoms. The first kappa shape index (κ1) is 11.6. The van der Waals surface area contributed by atoms with Gasteiger partial charge < -0.3 is 14.5 Å². The second-order valence-electron chi connectivity index (χ2n) is 4.10. The number of aromatic nitrogens is 1. The van der Waals surface area contributed by atoms with E-state index in [-0.39, 0.29) is 12.3 Å². The first-order chi connectivity index (χ1) is 8.18.